The summed E-state index contributed by atoms with van der Waals surface area (Å²) in [4.78, 5) is 20.7. The van der Waals surface area contributed by atoms with Gasteiger partial charge in [0.2, 0.25) is 0 Å². The highest BCUT2D eigenvalue weighted by Crippen LogP contribution is 2.36. The molecule has 2 aliphatic heterocycles. The molecule has 28 heavy (non-hydrogen) atoms. The zero-order chi connectivity index (χ0) is 20.7. The second kappa shape index (κ2) is 7.23. The third-order valence-electron chi connectivity index (χ3n) is 5.55. The Bertz CT molecular complexity index is 708. The molecule has 0 aromatic carbocycles. The lowest BCUT2D eigenvalue weighted by atomic mass is 9.79. The predicted molar refractivity (Wildman–Crippen MR) is 110 cm³/mol. The number of hydrogen-bond acceptors (Lipinski definition) is 6. The molecular formula is C20H32BN3O4. The molecule has 0 aliphatic carbocycles. The van der Waals surface area contributed by atoms with E-state index in [-0.39, 0.29) is 17.3 Å². The number of nitrogens with zero attached hydrogens (tertiary/aromatic N) is 3. The van der Waals surface area contributed by atoms with Crippen LogP contribution >= 0.6 is 0 Å². The Labute approximate surface area is 168 Å². The fourth-order valence-electron chi connectivity index (χ4n) is 3.18. The largest absolute Gasteiger partial charge is 0.495 e. The van der Waals surface area contributed by atoms with E-state index in [0.717, 1.165) is 11.3 Å². The molecule has 3 rings (SSSR count). The van der Waals surface area contributed by atoms with Gasteiger partial charge in [0.1, 0.15) is 11.4 Å². The molecule has 1 aromatic rings. The highest BCUT2D eigenvalue weighted by molar-refractivity contribution is 6.62. The van der Waals surface area contributed by atoms with Gasteiger partial charge in [-0.2, -0.15) is 0 Å². The number of piperazine rings is 1. The Morgan fingerprint density at radius 1 is 1.11 bits per heavy atom. The average molecular weight is 389 g/mol. The summed E-state index contributed by atoms with van der Waals surface area (Å²) in [5.74, 6) is 0.871. The molecule has 2 fully saturated rings. The van der Waals surface area contributed by atoms with Gasteiger partial charge in [0.15, 0.2) is 0 Å². The molecule has 0 atom stereocenters. The van der Waals surface area contributed by atoms with Gasteiger partial charge in [0.25, 0.3) is 0 Å². The van der Waals surface area contributed by atoms with Crippen LogP contribution in [-0.4, -0.2) is 66.1 Å². The topological polar surface area (TPSA) is 64.1 Å². The number of ether oxygens (including phenoxy) is 1. The van der Waals surface area contributed by atoms with Crippen molar-refractivity contribution in [3.05, 3.63) is 18.3 Å². The molecule has 0 saturated carbocycles. The molecule has 2 aliphatic rings. The lowest BCUT2D eigenvalue weighted by Crippen LogP contribution is -2.50. The van der Waals surface area contributed by atoms with Crippen LogP contribution in [0, 0.1) is 0 Å². The maximum absolute atomic E-state index is 12.2. The molecular weight excluding hydrogens is 357 g/mol. The number of carbonyl (C=O) groups is 1. The first-order chi connectivity index (χ1) is 12.9. The zero-order valence-corrected chi connectivity index (χ0v) is 18.1. The van der Waals surface area contributed by atoms with Crippen LogP contribution < -0.4 is 10.4 Å². The third kappa shape index (κ3) is 4.44. The van der Waals surface area contributed by atoms with Crippen molar-refractivity contribution in [2.75, 3.05) is 31.1 Å². The number of pyridine rings is 1. The van der Waals surface area contributed by atoms with Crippen molar-refractivity contribution >= 4 is 24.5 Å². The van der Waals surface area contributed by atoms with E-state index in [0.29, 0.717) is 26.2 Å². The average Bonchev–Trinajstić information content (AvgIpc) is 2.81. The van der Waals surface area contributed by atoms with Gasteiger partial charge >= 0.3 is 13.2 Å². The number of anilines is 1. The first kappa shape index (κ1) is 20.9. The SMILES string of the molecule is CC(C)(C)OC(=O)N1CCN(c2cc(B3OC(C)(C)C(C)(C)O3)ccn2)CC1. The fraction of sp³-hybridized carbons (Fsp3) is 0.700. The molecule has 0 spiro atoms. The van der Waals surface area contributed by atoms with Gasteiger partial charge in [0, 0.05) is 32.4 Å². The van der Waals surface area contributed by atoms with E-state index in [2.05, 4.69) is 9.88 Å². The van der Waals surface area contributed by atoms with Crippen molar-refractivity contribution in [2.24, 2.45) is 0 Å². The van der Waals surface area contributed by atoms with Gasteiger partial charge in [-0.05, 0) is 66.1 Å². The first-order valence-corrected chi connectivity index (χ1v) is 9.92. The molecule has 3 heterocycles. The number of amides is 1. The van der Waals surface area contributed by atoms with Crippen molar-refractivity contribution in [2.45, 2.75) is 65.3 Å². The maximum atomic E-state index is 12.2. The van der Waals surface area contributed by atoms with Gasteiger partial charge in [-0.25, -0.2) is 9.78 Å². The maximum Gasteiger partial charge on any atom is 0.495 e. The summed E-state index contributed by atoms with van der Waals surface area (Å²) in [6.45, 7) is 16.5. The summed E-state index contributed by atoms with van der Waals surface area (Å²) in [6, 6.07) is 3.95. The van der Waals surface area contributed by atoms with Gasteiger partial charge in [-0.3, -0.25) is 0 Å². The molecule has 0 bridgehead atoms. The highest BCUT2D eigenvalue weighted by Gasteiger charge is 2.51. The number of aromatic nitrogens is 1. The van der Waals surface area contributed by atoms with Crippen LogP contribution in [0.5, 0.6) is 0 Å². The molecule has 7 nitrogen and oxygen atoms in total. The summed E-state index contributed by atoms with van der Waals surface area (Å²) in [5, 5.41) is 0. The van der Waals surface area contributed by atoms with Gasteiger partial charge in [-0.1, -0.05) is 0 Å². The summed E-state index contributed by atoms with van der Waals surface area (Å²) in [5.41, 5.74) is -0.272. The van der Waals surface area contributed by atoms with E-state index in [1.165, 1.54) is 0 Å². The Balaban J connectivity index is 1.64. The summed E-state index contributed by atoms with van der Waals surface area (Å²) in [7, 11) is -0.408. The summed E-state index contributed by atoms with van der Waals surface area (Å²) < 4.78 is 17.8. The molecule has 2 saturated heterocycles. The molecule has 0 unspecified atom stereocenters. The van der Waals surface area contributed by atoms with Crippen LogP contribution in [0.1, 0.15) is 48.5 Å². The van der Waals surface area contributed by atoms with Gasteiger partial charge in [0.05, 0.1) is 11.2 Å². The second-order valence-corrected chi connectivity index (χ2v) is 9.49. The van der Waals surface area contributed by atoms with E-state index >= 15 is 0 Å². The standard InChI is InChI=1S/C20H32BN3O4/c1-18(2,3)26-17(25)24-12-10-23(11-13-24)16-14-15(8-9-22-16)21-27-19(4,5)20(6,7)28-21/h8-9,14H,10-13H2,1-7H3. The van der Waals surface area contributed by atoms with Crippen LogP contribution in [0.25, 0.3) is 0 Å². The normalized spacial score (nSPS) is 21.8. The van der Waals surface area contributed by atoms with E-state index in [1.54, 1.807) is 11.1 Å². The van der Waals surface area contributed by atoms with Crippen LogP contribution in [0.3, 0.4) is 0 Å². The minimum absolute atomic E-state index is 0.258. The van der Waals surface area contributed by atoms with Crippen molar-refractivity contribution < 1.29 is 18.8 Å². The number of rotatable bonds is 2. The minimum Gasteiger partial charge on any atom is -0.444 e. The molecule has 8 heteroatoms. The first-order valence-electron chi connectivity index (χ1n) is 9.92. The van der Waals surface area contributed by atoms with Gasteiger partial charge < -0.3 is 23.8 Å². The Hall–Kier alpha value is -1.80. The molecule has 0 N–H and O–H groups in total. The van der Waals surface area contributed by atoms with Crippen molar-refractivity contribution in [3.8, 4) is 0 Å². The van der Waals surface area contributed by atoms with Crippen LogP contribution in [0.4, 0.5) is 10.6 Å². The van der Waals surface area contributed by atoms with E-state index < -0.39 is 12.7 Å². The number of carbonyl (C=O) groups excluding carboxylic acids is 1. The third-order valence-corrected chi connectivity index (χ3v) is 5.55. The van der Waals surface area contributed by atoms with Crippen LogP contribution in [-0.2, 0) is 14.0 Å². The monoisotopic (exact) mass is 389 g/mol. The van der Waals surface area contributed by atoms with E-state index in [1.807, 2.05) is 60.6 Å². The summed E-state index contributed by atoms with van der Waals surface area (Å²) >= 11 is 0. The zero-order valence-electron chi connectivity index (χ0n) is 18.1. The Morgan fingerprint density at radius 3 is 2.21 bits per heavy atom. The highest BCUT2D eigenvalue weighted by atomic mass is 16.7. The smallest absolute Gasteiger partial charge is 0.444 e. The Morgan fingerprint density at radius 2 is 1.68 bits per heavy atom. The molecule has 1 amide bonds. The van der Waals surface area contributed by atoms with Gasteiger partial charge in [-0.15, -0.1) is 0 Å². The lowest BCUT2D eigenvalue weighted by Gasteiger charge is -2.36. The number of hydrogen-bond donors (Lipinski definition) is 0. The molecule has 154 valence electrons. The van der Waals surface area contributed by atoms with Crippen molar-refractivity contribution in [3.63, 3.8) is 0 Å². The minimum atomic E-state index is -0.479. The molecule has 0 radical (unpaired) electrons. The van der Waals surface area contributed by atoms with Crippen LogP contribution in [0.15, 0.2) is 18.3 Å². The lowest BCUT2D eigenvalue weighted by molar-refractivity contribution is 0.00578. The van der Waals surface area contributed by atoms with Crippen molar-refractivity contribution in [1.82, 2.24) is 9.88 Å². The second-order valence-electron chi connectivity index (χ2n) is 9.49. The summed E-state index contributed by atoms with van der Waals surface area (Å²) in [6.07, 6.45) is 1.53. The van der Waals surface area contributed by atoms with Crippen molar-refractivity contribution in [1.29, 1.82) is 0 Å². The fourth-order valence-corrected chi connectivity index (χ4v) is 3.18. The predicted octanol–water partition coefficient (Wildman–Crippen LogP) is 2.44. The Kier molecular flexibility index (Phi) is 5.40. The quantitative estimate of drug-likeness (QED) is 0.724. The van der Waals surface area contributed by atoms with Crippen LogP contribution in [0.2, 0.25) is 0 Å². The molecule has 1 aromatic heterocycles. The van der Waals surface area contributed by atoms with E-state index in [4.69, 9.17) is 14.0 Å². The van der Waals surface area contributed by atoms with E-state index in [9.17, 15) is 4.79 Å².